The molecule has 1 aromatic rings. The average Bonchev–Trinajstić information content (AvgIpc) is 2.38. The fraction of sp³-hybridized carbons (Fsp3) is 0.333. The Bertz CT molecular complexity index is 495. The summed E-state index contributed by atoms with van der Waals surface area (Å²) < 4.78 is 0. The van der Waals surface area contributed by atoms with Crippen molar-refractivity contribution in [1.82, 2.24) is 5.32 Å². The summed E-state index contributed by atoms with van der Waals surface area (Å²) >= 11 is 0. The first kappa shape index (κ1) is 12.2. The summed E-state index contributed by atoms with van der Waals surface area (Å²) in [6, 6.07) is 4.91. The van der Waals surface area contributed by atoms with Gasteiger partial charge in [-0.25, -0.2) is 0 Å². The number of hydrogen-bond donors (Lipinski definition) is 1. The number of amides is 1. The van der Waals surface area contributed by atoms with Crippen molar-refractivity contribution in [3.05, 3.63) is 39.9 Å². The lowest BCUT2D eigenvalue weighted by atomic mass is 9.96. The largest absolute Gasteiger partial charge is 0.346 e. The van der Waals surface area contributed by atoms with Gasteiger partial charge in [0.2, 0.25) is 5.91 Å². The van der Waals surface area contributed by atoms with Gasteiger partial charge in [0, 0.05) is 24.1 Å². The minimum absolute atomic E-state index is 0.0563. The van der Waals surface area contributed by atoms with E-state index in [-0.39, 0.29) is 17.4 Å². The number of Topliss-reactive ketones (excluding diaryl/α,β-unsaturated/α-hetero) is 1. The minimum atomic E-state index is -0.517. The van der Waals surface area contributed by atoms with Gasteiger partial charge in [0.25, 0.3) is 5.69 Å². The maximum Gasteiger partial charge on any atom is 0.269 e. The molecular weight excluding hydrogens is 236 g/mol. The molecule has 0 radical (unpaired) electrons. The van der Waals surface area contributed by atoms with E-state index >= 15 is 0 Å². The molecule has 1 heterocycles. The predicted molar refractivity (Wildman–Crippen MR) is 63.2 cm³/mol. The van der Waals surface area contributed by atoms with E-state index in [0.717, 1.165) is 0 Å². The highest BCUT2D eigenvalue weighted by Gasteiger charge is 2.25. The number of ketones is 1. The number of nitro benzene ring substituents is 1. The van der Waals surface area contributed by atoms with Crippen LogP contribution in [-0.4, -0.2) is 22.7 Å². The van der Waals surface area contributed by atoms with Crippen LogP contribution in [0.15, 0.2) is 24.3 Å². The summed E-state index contributed by atoms with van der Waals surface area (Å²) in [6.45, 7) is 0. The fourth-order valence-electron chi connectivity index (χ4n) is 1.95. The molecule has 0 bridgehead atoms. The van der Waals surface area contributed by atoms with Gasteiger partial charge in [0.15, 0.2) is 5.78 Å². The van der Waals surface area contributed by atoms with Crippen molar-refractivity contribution < 1.29 is 14.5 Å². The first-order valence-electron chi connectivity index (χ1n) is 5.66. The van der Waals surface area contributed by atoms with Gasteiger partial charge in [-0.1, -0.05) is 0 Å². The third-order valence-corrected chi connectivity index (χ3v) is 2.91. The monoisotopic (exact) mass is 248 g/mol. The Labute approximate surface area is 103 Å². The number of hydrogen-bond acceptors (Lipinski definition) is 4. The summed E-state index contributed by atoms with van der Waals surface area (Å²) in [5.41, 5.74) is 0.326. The van der Waals surface area contributed by atoms with E-state index in [1.807, 2.05) is 0 Å². The fourth-order valence-corrected chi connectivity index (χ4v) is 1.95. The minimum Gasteiger partial charge on any atom is -0.346 e. The summed E-state index contributed by atoms with van der Waals surface area (Å²) in [5, 5.41) is 13.1. The Kier molecular flexibility index (Phi) is 3.36. The first-order chi connectivity index (χ1) is 8.58. The zero-order chi connectivity index (χ0) is 13.1. The van der Waals surface area contributed by atoms with Crippen LogP contribution in [0.5, 0.6) is 0 Å². The molecule has 0 spiro atoms. The standard InChI is InChI=1S/C12H12N2O4/c15-11-3-1-2-10(13-11)12(16)8-4-6-9(7-5-8)14(17)18/h4-7,10H,1-3H2,(H,13,15). The van der Waals surface area contributed by atoms with Crippen LogP contribution >= 0.6 is 0 Å². The number of carbonyl (C=O) groups is 2. The maximum absolute atomic E-state index is 12.0. The third-order valence-electron chi connectivity index (χ3n) is 2.91. The van der Waals surface area contributed by atoms with Crippen LogP contribution in [0.1, 0.15) is 29.6 Å². The highest BCUT2D eigenvalue weighted by molar-refractivity contribution is 6.02. The Hall–Kier alpha value is -2.24. The molecule has 18 heavy (non-hydrogen) atoms. The van der Waals surface area contributed by atoms with E-state index in [1.54, 1.807) is 0 Å². The normalized spacial score (nSPS) is 19.1. The molecule has 0 saturated carbocycles. The highest BCUT2D eigenvalue weighted by atomic mass is 16.6. The van der Waals surface area contributed by atoms with Gasteiger partial charge in [-0.15, -0.1) is 0 Å². The van der Waals surface area contributed by atoms with Gasteiger partial charge in [0.05, 0.1) is 11.0 Å². The Morgan fingerprint density at radius 1 is 1.33 bits per heavy atom. The van der Waals surface area contributed by atoms with Crippen molar-refractivity contribution in [2.45, 2.75) is 25.3 Å². The van der Waals surface area contributed by atoms with Crippen molar-refractivity contribution in [1.29, 1.82) is 0 Å². The SMILES string of the molecule is O=C1CCCC(C(=O)c2ccc([N+](=O)[O-])cc2)N1. The van der Waals surface area contributed by atoms with Crippen LogP contribution < -0.4 is 5.32 Å². The topological polar surface area (TPSA) is 89.3 Å². The highest BCUT2D eigenvalue weighted by Crippen LogP contribution is 2.16. The van der Waals surface area contributed by atoms with Crippen molar-refractivity contribution in [3.63, 3.8) is 0 Å². The number of nitro groups is 1. The second-order valence-corrected chi connectivity index (χ2v) is 4.18. The van der Waals surface area contributed by atoms with Crippen molar-refractivity contribution in [2.24, 2.45) is 0 Å². The molecule has 1 saturated heterocycles. The van der Waals surface area contributed by atoms with Gasteiger partial charge in [-0.2, -0.15) is 0 Å². The average molecular weight is 248 g/mol. The lowest BCUT2D eigenvalue weighted by Gasteiger charge is -2.21. The summed E-state index contributed by atoms with van der Waals surface area (Å²) in [6.07, 6.45) is 1.75. The molecule has 1 aliphatic heterocycles. The van der Waals surface area contributed by atoms with Crippen LogP contribution in [0.25, 0.3) is 0 Å². The molecule has 6 heteroatoms. The lowest BCUT2D eigenvalue weighted by Crippen LogP contribution is -2.43. The summed E-state index contributed by atoms with van der Waals surface area (Å²) in [4.78, 5) is 33.2. The van der Waals surface area contributed by atoms with Gasteiger partial charge in [-0.3, -0.25) is 19.7 Å². The second kappa shape index (κ2) is 4.95. The van der Waals surface area contributed by atoms with Crippen LogP contribution in [-0.2, 0) is 4.79 Å². The Morgan fingerprint density at radius 2 is 2.00 bits per heavy atom. The van der Waals surface area contributed by atoms with E-state index in [0.29, 0.717) is 24.8 Å². The number of piperidine rings is 1. The number of non-ortho nitro benzene ring substituents is 1. The molecular formula is C12H12N2O4. The van der Waals surface area contributed by atoms with Crippen molar-refractivity contribution in [3.8, 4) is 0 Å². The Morgan fingerprint density at radius 3 is 2.56 bits per heavy atom. The molecule has 0 aromatic heterocycles. The van der Waals surface area contributed by atoms with Crippen molar-refractivity contribution >= 4 is 17.4 Å². The smallest absolute Gasteiger partial charge is 0.269 e. The van der Waals surface area contributed by atoms with E-state index in [2.05, 4.69) is 5.32 Å². The first-order valence-corrected chi connectivity index (χ1v) is 5.66. The molecule has 6 nitrogen and oxygen atoms in total. The molecule has 1 aromatic carbocycles. The number of benzene rings is 1. The van der Waals surface area contributed by atoms with Gasteiger partial charge in [0.1, 0.15) is 0 Å². The van der Waals surface area contributed by atoms with Gasteiger partial charge < -0.3 is 5.32 Å². The summed E-state index contributed by atoms with van der Waals surface area (Å²) in [5.74, 6) is -0.320. The second-order valence-electron chi connectivity index (χ2n) is 4.18. The van der Waals surface area contributed by atoms with E-state index < -0.39 is 11.0 Å². The maximum atomic E-state index is 12.0. The number of nitrogens with one attached hydrogen (secondary N) is 1. The number of carbonyl (C=O) groups excluding carboxylic acids is 2. The zero-order valence-corrected chi connectivity index (χ0v) is 9.59. The quantitative estimate of drug-likeness (QED) is 0.498. The number of nitrogens with zero attached hydrogens (tertiary/aromatic N) is 1. The molecule has 2 rings (SSSR count). The van der Waals surface area contributed by atoms with Crippen LogP contribution in [0.3, 0.4) is 0 Å². The van der Waals surface area contributed by atoms with Gasteiger partial charge in [-0.05, 0) is 25.0 Å². The number of rotatable bonds is 3. The zero-order valence-electron chi connectivity index (χ0n) is 9.59. The van der Waals surface area contributed by atoms with Crippen LogP contribution in [0.4, 0.5) is 5.69 Å². The predicted octanol–water partition coefficient (Wildman–Crippen LogP) is 1.45. The molecule has 94 valence electrons. The van der Waals surface area contributed by atoms with Gasteiger partial charge >= 0.3 is 0 Å². The lowest BCUT2D eigenvalue weighted by molar-refractivity contribution is -0.384. The molecule has 1 N–H and O–H groups in total. The van der Waals surface area contributed by atoms with Crippen molar-refractivity contribution in [2.75, 3.05) is 0 Å². The molecule has 0 aliphatic carbocycles. The molecule has 1 aliphatic rings. The van der Waals surface area contributed by atoms with Crippen LogP contribution in [0, 0.1) is 10.1 Å². The molecule has 1 fully saturated rings. The Balaban J connectivity index is 2.13. The van der Waals surface area contributed by atoms with E-state index in [9.17, 15) is 19.7 Å². The summed E-state index contributed by atoms with van der Waals surface area (Å²) in [7, 11) is 0. The van der Waals surface area contributed by atoms with Crippen LogP contribution in [0.2, 0.25) is 0 Å². The van der Waals surface area contributed by atoms with E-state index in [1.165, 1.54) is 24.3 Å². The third kappa shape index (κ3) is 2.53. The molecule has 1 unspecified atom stereocenters. The molecule has 1 amide bonds. The van der Waals surface area contributed by atoms with E-state index in [4.69, 9.17) is 0 Å². The molecule has 1 atom stereocenters.